The zero-order valence-electron chi connectivity index (χ0n) is 15.6. The molecule has 8 heteroatoms. The van der Waals surface area contributed by atoms with E-state index in [1.165, 1.54) is 6.07 Å². The summed E-state index contributed by atoms with van der Waals surface area (Å²) < 4.78 is 0. The largest absolute Gasteiger partial charge is 0.481 e. The number of aliphatic carboxylic acids is 4. The first-order valence-electron chi connectivity index (χ1n) is 9.03. The molecule has 0 saturated heterocycles. The summed E-state index contributed by atoms with van der Waals surface area (Å²) in [5.41, 5.74) is 0.612. The fraction of sp³-hybridized carbons (Fsp3) is 0.182. The Balaban J connectivity index is 2.24. The predicted molar refractivity (Wildman–Crippen MR) is 106 cm³/mol. The van der Waals surface area contributed by atoms with Crippen LogP contribution in [0.5, 0.6) is 0 Å². The van der Waals surface area contributed by atoms with Crippen LogP contribution in [0.4, 0.5) is 0 Å². The van der Waals surface area contributed by atoms with Crippen molar-refractivity contribution < 1.29 is 39.6 Å². The third kappa shape index (κ3) is 4.07. The SMILES string of the molecule is O=C(O)C(Cc1ccc2cc3ccccc3cc2c1CC(C(=O)O)C(=O)O)C(=O)O. The molecule has 0 unspecified atom stereocenters. The summed E-state index contributed by atoms with van der Waals surface area (Å²) in [5, 5.41) is 40.2. The highest BCUT2D eigenvalue weighted by Gasteiger charge is 2.31. The zero-order valence-corrected chi connectivity index (χ0v) is 15.6. The summed E-state index contributed by atoms with van der Waals surface area (Å²) in [7, 11) is 0. The highest BCUT2D eigenvalue weighted by molar-refractivity contribution is 6.01. The van der Waals surface area contributed by atoms with E-state index >= 15 is 0 Å². The van der Waals surface area contributed by atoms with Gasteiger partial charge in [-0.1, -0.05) is 36.4 Å². The molecule has 0 fully saturated rings. The maximum atomic E-state index is 11.5. The molecule has 0 aliphatic rings. The Labute approximate surface area is 170 Å². The van der Waals surface area contributed by atoms with Crippen LogP contribution in [0, 0.1) is 11.8 Å². The van der Waals surface area contributed by atoms with E-state index in [0.29, 0.717) is 21.9 Å². The average molecular weight is 410 g/mol. The number of carboxylic acids is 4. The second-order valence-electron chi connectivity index (χ2n) is 6.99. The minimum absolute atomic E-state index is 0.292. The quantitative estimate of drug-likeness (QED) is 0.327. The maximum Gasteiger partial charge on any atom is 0.318 e. The Hall–Kier alpha value is -3.94. The first-order chi connectivity index (χ1) is 14.2. The van der Waals surface area contributed by atoms with Crippen molar-refractivity contribution >= 4 is 45.4 Å². The molecule has 4 N–H and O–H groups in total. The van der Waals surface area contributed by atoms with Crippen molar-refractivity contribution in [2.24, 2.45) is 11.8 Å². The number of fused-ring (bicyclic) bond motifs is 2. The van der Waals surface area contributed by atoms with Crippen molar-refractivity contribution in [2.75, 3.05) is 0 Å². The van der Waals surface area contributed by atoms with Crippen molar-refractivity contribution in [1.29, 1.82) is 0 Å². The fourth-order valence-corrected chi connectivity index (χ4v) is 3.54. The number of carbonyl (C=O) groups is 4. The highest BCUT2D eigenvalue weighted by atomic mass is 16.4. The summed E-state index contributed by atoms with van der Waals surface area (Å²) in [6, 6.07) is 14.3. The molecule has 0 bridgehead atoms. The van der Waals surface area contributed by atoms with Crippen LogP contribution in [0.15, 0.2) is 48.5 Å². The van der Waals surface area contributed by atoms with Crippen LogP contribution >= 0.6 is 0 Å². The van der Waals surface area contributed by atoms with Gasteiger partial charge in [-0.2, -0.15) is 0 Å². The van der Waals surface area contributed by atoms with Gasteiger partial charge in [0.2, 0.25) is 0 Å². The molecule has 0 heterocycles. The Morgan fingerprint density at radius 1 is 0.633 bits per heavy atom. The van der Waals surface area contributed by atoms with E-state index in [1.54, 1.807) is 12.1 Å². The van der Waals surface area contributed by atoms with Crippen LogP contribution in [0.3, 0.4) is 0 Å². The highest BCUT2D eigenvalue weighted by Crippen LogP contribution is 2.31. The number of carboxylic acid groups (broad SMARTS) is 4. The zero-order chi connectivity index (χ0) is 22.0. The van der Waals surface area contributed by atoms with Crippen molar-refractivity contribution in [2.45, 2.75) is 12.8 Å². The molecule has 8 nitrogen and oxygen atoms in total. The molecular weight excluding hydrogens is 392 g/mol. The van der Waals surface area contributed by atoms with Crippen LogP contribution < -0.4 is 0 Å². The summed E-state index contributed by atoms with van der Waals surface area (Å²) in [4.78, 5) is 45.7. The lowest BCUT2D eigenvalue weighted by Crippen LogP contribution is -2.28. The smallest absolute Gasteiger partial charge is 0.318 e. The molecule has 3 aromatic carbocycles. The van der Waals surface area contributed by atoms with Gasteiger partial charge in [-0.3, -0.25) is 19.2 Å². The van der Waals surface area contributed by atoms with Crippen LogP contribution in [-0.2, 0) is 32.0 Å². The fourth-order valence-electron chi connectivity index (χ4n) is 3.54. The number of hydrogen-bond acceptors (Lipinski definition) is 4. The van der Waals surface area contributed by atoms with Crippen LogP contribution in [0.25, 0.3) is 21.5 Å². The average Bonchev–Trinajstić information content (AvgIpc) is 2.68. The molecule has 0 spiro atoms. The molecule has 0 radical (unpaired) electrons. The first kappa shape index (κ1) is 20.8. The minimum Gasteiger partial charge on any atom is -0.481 e. The molecule has 0 amide bonds. The van der Waals surface area contributed by atoms with Crippen molar-refractivity contribution in [3.63, 3.8) is 0 Å². The predicted octanol–water partition coefficient (Wildman–Crippen LogP) is 2.65. The number of benzene rings is 3. The van der Waals surface area contributed by atoms with E-state index in [2.05, 4.69) is 0 Å². The molecule has 3 rings (SSSR count). The Morgan fingerprint density at radius 2 is 1.13 bits per heavy atom. The molecule has 154 valence electrons. The lowest BCUT2D eigenvalue weighted by molar-refractivity contribution is -0.156. The van der Waals surface area contributed by atoms with Crippen molar-refractivity contribution in [1.82, 2.24) is 0 Å². The Morgan fingerprint density at radius 3 is 1.67 bits per heavy atom. The van der Waals surface area contributed by atoms with Gasteiger partial charge in [-0.15, -0.1) is 0 Å². The molecule has 0 saturated carbocycles. The standard InChI is InChI=1S/C22H18O8/c23-19(24)17(20(25)26)9-14-6-5-13-7-11-3-1-2-4-12(11)8-15(13)16(14)10-18(21(27)28)22(29)30/h1-8,17-18H,9-10H2,(H,23,24)(H,25,26)(H,27,28)(H,29,30). The van der Waals surface area contributed by atoms with Crippen molar-refractivity contribution in [3.05, 3.63) is 59.7 Å². The molecule has 0 aliphatic heterocycles. The van der Waals surface area contributed by atoms with Gasteiger partial charge in [-0.05, 0) is 57.6 Å². The Bertz CT molecular complexity index is 1150. The third-order valence-corrected chi connectivity index (χ3v) is 5.12. The summed E-state index contributed by atoms with van der Waals surface area (Å²) in [6.45, 7) is 0. The van der Waals surface area contributed by atoms with Gasteiger partial charge < -0.3 is 20.4 Å². The van der Waals surface area contributed by atoms with Gasteiger partial charge in [0, 0.05) is 0 Å². The molecule has 0 aliphatic carbocycles. The third-order valence-electron chi connectivity index (χ3n) is 5.12. The van der Waals surface area contributed by atoms with Crippen molar-refractivity contribution in [3.8, 4) is 0 Å². The molecule has 3 aromatic rings. The number of hydrogen-bond donors (Lipinski definition) is 4. The second-order valence-corrected chi connectivity index (χ2v) is 6.99. The van der Waals surface area contributed by atoms with Gasteiger partial charge in [0.1, 0.15) is 0 Å². The van der Waals surface area contributed by atoms with E-state index in [0.717, 1.165) is 10.8 Å². The molecule has 0 aromatic heterocycles. The lowest BCUT2D eigenvalue weighted by atomic mass is 9.86. The summed E-state index contributed by atoms with van der Waals surface area (Å²) in [5.74, 6) is -9.61. The summed E-state index contributed by atoms with van der Waals surface area (Å²) >= 11 is 0. The van der Waals surface area contributed by atoms with E-state index < -0.39 is 48.6 Å². The van der Waals surface area contributed by atoms with Gasteiger partial charge in [-0.25, -0.2) is 0 Å². The molecule has 30 heavy (non-hydrogen) atoms. The van der Waals surface area contributed by atoms with E-state index in [-0.39, 0.29) is 0 Å². The van der Waals surface area contributed by atoms with E-state index in [1.807, 2.05) is 30.3 Å². The maximum absolute atomic E-state index is 11.5. The van der Waals surface area contributed by atoms with Crippen LogP contribution in [-0.4, -0.2) is 44.3 Å². The second kappa shape index (κ2) is 8.20. The number of rotatable bonds is 8. The van der Waals surface area contributed by atoms with Gasteiger partial charge in [0.05, 0.1) is 0 Å². The monoisotopic (exact) mass is 410 g/mol. The van der Waals surface area contributed by atoms with E-state index in [9.17, 15) is 39.6 Å². The minimum atomic E-state index is -1.76. The van der Waals surface area contributed by atoms with Crippen LogP contribution in [0.1, 0.15) is 11.1 Å². The van der Waals surface area contributed by atoms with Crippen LogP contribution in [0.2, 0.25) is 0 Å². The van der Waals surface area contributed by atoms with Gasteiger partial charge >= 0.3 is 23.9 Å². The normalized spacial score (nSPS) is 11.3. The molecule has 0 atom stereocenters. The van der Waals surface area contributed by atoms with Gasteiger partial charge in [0.15, 0.2) is 11.8 Å². The molecular formula is C22H18O8. The van der Waals surface area contributed by atoms with Gasteiger partial charge in [0.25, 0.3) is 0 Å². The topological polar surface area (TPSA) is 149 Å². The first-order valence-corrected chi connectivity index (χ1v) is 9.03. The van der Waals surface area contributed by atoms with E-state index in [4.69, 9.17) is 0 Å². The Kier molecular flexibility index (Phi) is 5.68. The summed E-state index contributed by atoms with van der Waals surface area (Å²) in [6.07, 6.45) is -0.795. The lowest BCUT2D eigenvalue weighted by Gasteiger charge is -2.18.